The monoisotopic (exact) mass is 196 g/mol. The van der Waals surface area contributed by atoms with Gasteiger partial charge in [0, 0.05) is 25.7 Å². The summed E-state index contributed by atoms with van der Waals surface area (Å²) in [6.07, 6.45) is 7.22. The number of nitrogens with zero attached hydrogens (tertiary/aromatic N) is 2. The van der Waals surface area contributed by atoms with Gasteiger partial charge in [-0.15, -0.1) is 0 Å². The molecular formula is C11H20N2O. The van der Waals surface area contributed by atoms with Crippen LogP contribution in [0.15, 0.2) is 12.2 Å². The van der Waals surface area contributed by atoms with Crippen molar-refractivity contribution >= 4 is 5.91 Å². The molecule has 3 heteroatoms. The van der Waals surface area contributed by atoms with Gasteiger partial charge in [-0.1, -0.05) is 6.08 Å². The van der Waals surface area contributed by atoms with Gasteiger partial charge >= 0.3 is 0 Å². The minimum absolute atomic E-state index is 0.173. The third-order valence-corrected chi connectivity index (χ3v) is 2.40. The first kappa shape index (κ1) is 11.2. The van der Waals surface area contributed by atoms with Crippen LogP contribution in [0.3, 0.4) is 0 Å². The second kappa shape index (κ2) is 5.81. The molecule has 3 nitrogen and oxygen atoms in total. The summed E-state index contributed by atoms with van der Waals surface area (Å²) in [7, 11) is 3.99. The highest BCUT2D eigenvalue weighted by molar-refractivity contribution is 5.87. The van der Waals surface area contributed by atoms with Crippen LogP contribution in [0, 0.1) is 0 Å². The van der Waals surface area contributed by atoms with E-state index in [9.17, 15) is 4.79 Å². The van der Waals surface area contributed by atoms with E-state index in [1.807, 2.05) is 30.0 Å². The molecule has 1 rings (SSSR count). The van der Waals surface area contributed by atoms with E-state index in [0.717, 1.165) is 32.5 Å². The summed E-state index contributed by atoms with van der Waals surface area (Å²) >= 11 is 0. The van der Waals surface area contributed by atoms with Crippen molar-refractivity contribution < 1.29 is 4.79 Å². The first-order valence-electron chi connectivity index (χ1n) is 5.30. The van der Waals surface area contributed by atoms with Crippen LogP contribution in [0.4, 0.5) is 0 Å². The molecule has 80 valence electrons. The predicted octanol–water partition coefficient (Wildman–Crippen LogP) is 1.12. The topological polar surface area (TPSA) is 23.6 Å². The Bertz CT molecular complexity index is 205. The average Bonchev–Trinajstić information content (AvgIpc) is 2.18. The molecule has 0 aromatic heterocycles. The van der Waals surface area contributed by atoms with Gasteiger partial charge in [-0.05, 0) is 33.4 Å². The molecule has 1 aliphatic rings. The molecule has 1 amide bonds. The zero-order chi connectivity index (χ0) is 10.4. The van der Waals surface area contributed by atoms with Gasteiger partial charge in [0.1, 0.15) is 0 Å². The number of amides is 1. The van der Waals surface area contributed by atoms with Gasteiger partial charge in [0.2, 0.25) is 5.91 Å². The summed E-state index contributed by atoms with van der Waals surface area (Å²) in [5.74, 6) is 0.173. The quantitative estimate of drug-likeness (QED) is 0.631. The smallest absolute Gasteiger partial charge is 0.246 e. The van der Waals surface area contributed by atoms with E-state index in [2.05, 4.69) is 0 Å². The first-order valence-corrected chi connectivity index (χ1v) is 5.30. The maximum absolute atomic E-state index is 11.6. The Morgan fingerprint density at radius 1 is 1.29 bits per heavy atom. The van der Waals surface area contributed by atoms with Crippen LogP contribution in [-0.4, -0.2) is 49.4 Å². The number of hydrogen-bond acceptors (Lipinski definition) is 2. The van der Waals surface area contributed by atoms with E-state index in [1.165, 1.54) is 6.42 Å². The Morgan fingerprint density at radius 2 is 1.93 bits per heavy atom. The fraction of sp³-hybridized carbons (Fsp3) is 0.727. The minimum atomic E-state index is 0.173. The summed E-state index contributed by atoms with van der Waals surface area (Å²) in [4.78, 5) is 15.6. The maximum Gasteiger partial charge on any atom is 0.246 e. The molecule has 0 bridgehead atoms. The Labute approximate surface area is 86.4 Å². The zero-order valence-corrected chi connectivity index (χ0v) is 9.20. The molecule has 14 heavy (non-hydrogen) atoms. The molecule has 0 spiro atoms. The molecule has 1 saturated heterocycles. The fourth-order valence-electron chi connectivity index (χ4n) is 1.58. The lowest BCUT2D eigenvalue weighted by Gasteiger charge is -2.25. The molecule has 0 aliphatic carbocycles. The van der Waals surface area contributed by atoms with Crippen LogP contribution in [0.25, 0.3) is 0 Å². The zero-order valence-electron chi connectivity index (χ0n) is 9.20. The molecule has 1 aliphatic heterocycles. The van der Waals surface area contributed by atoms with Gasteiger partial charge in [-0.25, -0.2) is 0 Å². The molecule has 0 atom stereocenters. The van der Waals surface area contributed by atoms with Crippen molar-refractivity contribution in [2.24, 2.45) is 0 Å². The summed E-state index contributed by atoms with van der Waals surface area (Å²) in [6.45, 7) is 2.70. The molecule has 0 N–H and O–H groups in total. The molecule has 0 saturated carbocycles. The third-order valence-electron chi connectivity index (χ3n) is 2.40. The average molecular weight is 196 g/mol. The van der Waals surface area contributed by atoms with Crippen LogP contribution in [0.5, 0.6) is 0 Å². The molecule has 1 fully saturated rings. The van der Waals surface area contributed by atoms with Crippen molar-refractivity contribution in [2.75, 3.05) is 33.7 Å². The van der Waals surface area contributed by atoms with E-state index in [0.29, 0.717) is 0 Å². The van der Waals surface area contributed by atoms with Gasteiger partial charge < -0.3 is 9.80 Å². The van der Waals surface area contributed by atoms with Gasteiger partial charge in [0.15, 0.2) is 0 Å². The second-order valence-corrected chi connectivity index (χ2v) is 4.05. The summed E-state index contributed by atoms with van der Waals surface area (Å²) in [5.41, 5.74) is 0. The van der Waals surface area contributed by atoms with Crippen LogP contribution >= 0.6 is 0 Å². The van der Waals surface area contributed by atoms with E-state index < -0.39 is 0 Å². The molecule has 0 unspecified atom stereocenters. The highest BCUT2D eigenvalue weighted by Crippen LogP contribution is 2.08. The standard InChI is InChI=1S/C11H20N2O/c1-12(2)8-6-7-11(14)13-9-4-3-5-10-13/h6-7H,3-5,8-10H2,1-2H3. The normalized spacial score (nSPS) is 18.1. The maximum atomic E-state index is 11.6. The molecule has 0 aromatic rings. The van der Waals surface area contributed by atoms with Crippen molar-refractivity contribution in [1.29, 1.82) is 0 Å². The highest BCUT2D eigenvalue weighted by atomic mass is 16.2. The number of likely N-dealkylation sites (tertiary alicyclic amines) is 1. The number of carbonyl (C=O) groups is 1. The van der Waals surface area contributed by atoms with E-state index in [4.69, 9.17) is 0 Å². The Hall–Kier alpha value is -0.830. The first-order chi connectivity index (χ1) is 6.70. The highest BCUT2D eigenvalue weighted by Gasteiger charge is 2.13. The lowest BCUT2D eigenvalue weighted by Crippen LogP contribution is -2.34. The third kappa shape index (κ3) is 3.92. The van der Waals surface area contributed by atoms with Gasteiger partial charge in [-0.2, -0.15) is 0 Å². The number of rotatable bonds is 3. The van der Waals surface area contributed by atoms with Crippen LogP contribution in [-0.2, 0) is 4.79 Å². The molecule has 0 radical (unpaired) electrons. The van der Waals surface area contributed by atoms with Crippen molar-refractivity contribution in [3.63, 3.8) is 0 Å². The van der Waals surface area contributed by atoms with Gasteiger partial charge in [0.05, 0.1) is 0 Å². The minimum Gasteiger partial charge on any atom is -0.339 e. The van der Waals surface area contributed by atoms with Gasteiger partial charge in [-0.3, -0.25) is 4.79 Å². The summed E-state index contributed by atoms with van der Waals surface area (Å²) in [6, 6.07) is 0. The molecular weight excluding hydrogens is 176 g/mol. The Balaban J connectivity index is 2.29. The van der Waals surface area contributed by atoms with Crippen molar-refractivity contribution in [3.05, 3.63) is 12.2 Å². The van der Waals surface area contributed by atoms with Gasteiger partial charge in [0.25, 0.3) is 0 Å². The fourth-order valence-corrected chi connectivity index (χ4v) is 1.58. The van der Waals surface area contributed by atoms with Crippen molar-refractivity contribution in [3.8, 4) is 0 Å². The van der Waals surface area contributed by atoms with Crippen LogP contribution < -0.4 is 0 Å². The number of hydrogen-bond donors (Lipinski definition) is 0. The Morgan fingerprint density at radius 3 is 2.50 bits per heavy atom. The van der Waals surface area contributed by atoms with E-state index in [-0.39, 0.29) is 5.91 Å². The van der Waals surface area contributed by atoms with Crippen molar-refractivity contribution in [1.82, 2.24) is 9.80 Å². The van der Waals surface area contributed by atoms with E-state index in [1.54, 1.807) is 6.08 Å². The number of likely N-dealkylation sites (N-methyl/N-ethyl adjacent to an activating group) is 1. The lowest BCUT2D eigenvalue weighted by molar-refractivity contribution is -0.126. The number of carbonyl (C=O) groups excluding carboxylic acids is 1. The van der Waals surface area contributed by atoms with Crippen LogP contribution in [0.2, 0.25) is 0 Å². The largest absolute Gasteiger partial charge is 0.339 e. The summed E-state index contributed by atoms with van der Waals surface area (Å²) in [5, 5.41) is 0. The van der Waals surface area contributed by atoms with Crippen LogP contribution in [0.1, 0.15) is 19.3 Å². The van der Waals surface area contributed by atoms with E-state index >= 15 is 0 Å². The Kier molecular flexibility index (Phi) is 4.66. The van der Waals surface area contributed by atoms with Crippen molar-refractivity contribution in [2.45, 2.75) is 19.3 Å². The SMILES string of the molecule is CN(C)CC=CC(=O)N1CCCCC1. The summed E-state index contributed by atoms with van der Waals surface area (Å²) < 4.78 is 0. The molecule has 0 aromatic carbocycles. The number of piperidine rings is 1. The molecule has 1 heterocycles. The second-order valence-electron chi connectivity index (χ2n) is 4.05. The lowest BCUT2D eigenvalue weighted by atomic mass is 10.1. The predicted molar refractivity (Wildman–Crippen MR) is 58.1 cm³/mol.